The fourth-order valence-corrected chi connectivity index (χ4v) is 2.98. The van der Waals surface area contributed by atoms with E-state index in [1.807, 2.05) is 36.4 Å². The number of rotatable bonds is 5. The molecule has 0 saturated carbocycles. The third kappa shape index (κ3) is 3.49. The SMILES string of the molecule is COc1ccc2cc(/C=C/C(=O)N=[N+]=[N-])c3cc(OC)c(OC)cc3c2c1. The maximum atomic E-state index is 11.6. The van der Waals surface area contributed by atoms with E-state index in [4.69, 9.17) is 19.7 Å². The van der Waals surface area contributed by atoms with Gasteiger partial charge in [-0.05, 0) is 74.2 Å². The molecule has 0 unspecified atom stereocenters. The van der Waals surface area contributed by atoms with Crippen LogP contribution in [0.15, 0.2) is 47.6 Å². The molecule has 136 valence electrons. The van der Waals surface area contributed by atoms with E-state index in [1.165, 1.54) is 6.08 Å². The van der Waals surface area contributed by atoms with Crippen molar-refractivity contribution in [3.63, 3.8) is 0 Å². The second-order valence-electron chi connectivity index (χ2n) is 5.67. The standard InChI is InChI=1S/C20H17N3O4/c1-25-14-6-4-12-8-13(5-7-20(24)22-23-21)16-10-18(26-2)19(27-3)11-17(16)15(12)9-14/h4-11H,1-3H3/b7-5+. The Morgan fingerprint density at radius 2 is 1.67 bits per heavy atom. The Morgan fingerprint density at radius 1 is 0.963 bits per heavy atom. The number of carbonyl (C=O) groups is 1. The highest BCUT2D eigenvalue weighted by molar-refractivity contribution is 6.12. The maximum absolute atomic E-state index is 11.6. The van der Waals surface area contributed by atoms with E-state index in [1.54, 1.807) is 27.4 Å². The van der Waals surface area contributed by atoms with Crippen LogP contribution in [0.25, 0.3) is 38.1 Å². The molecule has 0 atom stereocenters. The van der Waals surface area contributed by atoms with Crippen LogP contribution in [0.1, 0.15) is 5.56 Å². The van der Waals surface area contributed by atoms with Crippen LogP contribution >= 0.6 is 0 Å². The van der Waals surface area contributed by atoms with Crippen LogP contribution in [-0.4, -0.2) is 27.2 Å². The number of amides is 1. The van der Waals surface area contributed by atoms with Crippen LogP contribution < -0.4 is 14.2 Å². The summed E-state index contributed by atoms with van der Waals surface area (Å²) >= 11 is 0. The number of hydrogen-bond donors (Lipinski definition) is 0. The summed E-state index contributed by atoms with van der Waals surface area (Å²) in [5, 5.41) is 6.78. The smallest absolute Gasteiger partial charge is 0.242 e. The lowest BCUT2D eigenvalue weighted by molar-refractivity contribution is -0.113. The first-order valence-electron chi connectivity index (χ1n) is 8.05. The first-order valence-corrected chi connectivity index (χ1v) is 8.05. The second kappa shape index (κ2) is 7.68. The number of benzene rings is 3. The van der Waals surface area contributed by atoms with E-state index in [-0.39, 0.29) is 0 Å². The number of methoxy groups -OCH3 is 3. The van der Waals surface area contributed by atoms with Gasteiger partial charge in [-0.2, -0.15) is 0 Å². The fourth-order valence-electron chi connectivity index (χ4n) is 2.98. The normalized spacial score (nSPS) is 10.8. The zero-order valence-corrected chi connectivity index (χ0v) is 15.1. The lowest BCUT2D eigenvalue weighted by atomic mass is 9.96. The number of fused-ring (bicyclic) bond motifs is 3. The zero-order chi connectivity index (χ0) is 19.4. The molecule has 0 aliphatic rings. The van der Waals surface area contributed by atoms with Gasteiger partial charge in [0.2, 0.25) is 5.91 Å². The average molecular weight is 363 g/mol. The van der Waals surface area contributed by atoms with Gasteiger partial charge < -0.3 is 14.2 Å². The minimum absolute atomic E-state index is 0.572. The Hall–Kier alpha value is -3.70. The van der Waals surface area contributed by atoms with Gasteiger partial charge in [0.05, 0.1) is 21.3 Å². The lowest BCUT2D eigenvalue weighted by Crippen LogP contribution is -1.93. The molecule has 0 saturated heterocycles. The van der Waals surface area contributed by atoms with Gasteiger partial charge >= 0.3 is 0 Å². The Kier molecular flexibility index (Phi) is 5.15. The van der Waals surface area contributed by atoms with Gasteiger partial charge in [0.25, 0.3) is 0 Å². The average Bonchev–Trinajstić information content (AvgIpc) is 2.70. The van der Waals surface area contributed by atoms with Crippen molar-refractivity contribution in [2.45, 2.75) is 0 Å². The molecule has 0 aliphatic carbocycles. The molecule has 0 radical (unpaired) electrons. The largest absolute Gasteiger partial charge is 0.497 e. The third-order valence-corrected chi connectivity index (χ3v) is 4.25. The van der Waals surface area contributed by atoms with Gasteiger partial charge in [0.1, 0.15) is 5.75 Å². The van der Waals surface area contributed by atoms with Crippen LogP contribution in [0.4, 0.5) is 0 Å². The summed E-state index contributed by atoms with van der Waals surface area (Å²) in [6.45, 7) is 0. The molecule has 1 amide bonds. The molecular formula is C20H17N3O4. The van der Waals surface area contributed by atoms with E-state index in [0.29, 0.717) is 11.5 Å². The summed E-state index contributed by atoms with van der Waals surface area (Å²) in [5.74, 6) is 1.24. The number of hydrogen-bond acceptors (Lipinski definition) is 4. The zero-order valence-electron chi connectivity index (χ0n) is 15.1. The summed E-state index contributed by atoms with van der Waals surface area (Å²) in [4.78, 5) is 14.1. The van der Waals surface area contributed by atoms with Crippen molar-refractivity contribution in [3.8, 4) is 17.2 Å². The molecule has 7 heteroatoms. The number of nitrogens with zero attached hydrogens (tertiary/aromatic N) is 3. The molecule has 7 nitrogen and oxygen atoms in total. The van der Waals surface area contributed by atoms with Crippen molar-refractivity contribution in [3.05, 3.63) is 58.5 Å². The Bertz CT molecular complexity index is 1120. The summed E-state index contributed by atoms with van der Waals surface area (Å²) in [5.41, 5.74) is 9.17. The Morgan fingerprint density at radius 3 is 2.30 bits per heavy atom. The van der Waals surface area contributed by atoms with E-state index in [0.717, 1.165) is 32.9 Å². The first-order chi connectivity index (χ1) is 13.1. The fraction of sp³-hybridized carbons (Fsp3) is 0.150. The topological polar surface area (TPSA) is 93.5 Å². The quantitative estimate of drug-likeness (QED) is 0.212. The van der Waals surface area contributed by atoms with Crippen LogP contribution in [0, 0.1) is 0 Å². The molecule has 3 aromatic carbocycles. The van der Waals surface area contributed by atoms with Gasteiger partial charge in [-0.3, -0.25) is 4.79 Å². The lowest BCUT2D eigenvalue weighted by Gasteiger charge is -2.14. The van der Waals surface area contributed by atoms with Gasteiger partial charge in [-0.15, -0.1) is 0 Å². The van der Waals surface area contributed by atoms with Crippen LogP contribution in [0.2, 0.25) is 0 Å². The van der Waals surface area contributed by atoms with Crippen LogP contribution in [0.5, 0.6) is 17.2 Å². The molecule has 0 N–H and O–H groups in total. The molecule has 27 heavy (non-hydrogen) atoms. The Balaban J connectivity index is 2.36. The Labute approximate surface area is 155 Å². The minimum Gasteiger partial charge on any atom is -0.497 e. The third-order valence-electron chi connectivity index (χ3n) is 4.25. The van der Waals surface area contributed by atoms with E-state index < -0.39 is 5.91 Å². The van der Waals surface area contributed by atoms with Crippen molar-refractivity contribution in [1.82, 2.24) is 0 Å². The van der Waals surface area contributed by atoms with Crippen molar-refractivity contribution < 1.29 is 19.0 Å². The van der Waals surface area contributed by atoms with Crippen molar-refractivity contribution in [1.29, 1.82) is 0 Å². The molecule has 0 fully saturated rings. The molecule has 0 heterocycles. The highest BCUT2D eigenvalue weighted by Gasteiger charge is 2.12. The molecule has 0 spiro atoms. The van der Waals surface area contributed by atoms with E-state index in [9.17, 15) is 4.79 Å². The molecule has 0 bridgehead atoms. The second-order valence-corrected chi connectivity index (χ2v) is 5.67. The van der Waals surface area contributed by atoms with Crippen molar-refractivity contribution >= 4 is 33.5 Å². The van der Waals surface area contributed by atoms with Crippen LogP contribution in [-0.2, 0) is 4.79 Å². The van der Waals surface area contributed by atoms with Crippen molar-refractivity contribution in [2.75, 3.05) is 21.3 Å². The summed E-state index contributed by atoms with van der Waals surface area (Å²) in [6.07, 6.45) is 2.86. The van der Waals surface area contributed by atoms with E-state index >= 15 is 0 Å². The van der Waals surface area contributed by atoms with Gasteiger partial charge in [0, 0.05) is 4.91 Å². The molecule has 3 rings (SSSR count). The monoisotopic (exact) mass is 363 g/mol. The molecule has 3 aromatic rings. The predicted octanol–water partition coefficient (Wildman–Crippen LogP) is 4.87. The summed E-state index contributed by atoms with van der Waals surface area (Å²) in [6, 6.07) is 11.4. The number of azide groups is 1. The van der Waals surface area contributed by atoms with Gasteiger partial charge in [-0.25, -0.2) is 0 Å². The van der Waals surface area contributed by atoms with Gasteiger partial charge in [-0.1, -0.05) is 12.1 Å². The highest BCUT2D eigenvalue weighted by Crippen LogP contribution is 2.39. The molecule has 0 aromatic heterocycles. The molecule has 0 aliphatic heterocycles. The minimum atomic E-state index is -0.666. The summed E-state index contributed by atoms with van der Waals surface area (Å²) in [7, 11) is 4.76. The number of carbonyl (C=O) groups excluding carboxylic acids is 1. The summed E-state index contributed by atoms with van der Waals surface area (Å²) < 4.78 is 16.2. The maximum Gasteiger partial charge on any atom is 0.242 e. The van der Waals surface area contributed by atoms with Gasteiger partial charge in [0.15, 0.2) is 11.5 Å². The first kappa shape index (κ1) is 18.1. The van der Waals surface area contributed by atoms with E-state index in [2.05, 4.69) is 10.0 Å². The van der Waals surface area contributed by atoms with Crippen LogP contribution in [0.3, 0.4) is 0 Å². The highest BCUT2D eigenvalue weighted by atomic mass is 16.5. The van der Waals surface area contributed by atoms with Crippen molar-refractivity contribution in [2.24, 2.45) is 5.11 Å². The number of ether oxygens (including phenoxy) is 3. The molecular weight excluding hydrogens is 346 g/mol. The predicted molar refractivity (Wildman–Crippen MR) is 104 cm³/mol.